The van der Waals surface area contributed by atoms with Crippen molar-refractivity contribution >= 4 is 28.9 Å². The van der Waals surface area contributed by atoms with E-state index in [0.717, 1.165) is 0 Å². The molecule has 1 fully saturated rings. The number of hydrogen-bond acceptors (Lipinski definition) is 6. The van der Waals surface area contributed by atoms with Crippen molar-refractivity contribution in [1.29, 1.82) is 0 Å². The Hall–Kier alpha value is -3.10. The molecule has 9 heteroatoms. The molecule has 0 unspecified atom stereocenters. The number of likely N-dealkylation sites (N-methyl/N-ethyl adjacent to an activating group) is 1. The van der Waals surface area contributed by atoms with Gasteiger partial charge in [0.25, 0.3) is 0 Å². The van der Waals surface area contributed by atoms with Crippen molar-refractivity contribution in [2.45, 2.75) is 32.7 Å². The molecule has 1 aromatic carbocycles. The maximum absolute atomic E-state index is 12.5. The van der Waals surface area contributed by atoms with E-state index >= 15 is 0 Å². The molecule has 3 rings (SSSR count). The lowest BCUT2D eigenvalue weighted by molar-refractivity contribution is -0.151. The van der Waals surface area contributed by atoms with Crippen LogP contribution in [0.25, 0.3) is 11.1 Å². The van der Waals surface area contributed by atoms with Crippen molar-refractivity contribution in [3.63, 3.8) is 0 Å². The Morgan fingerprint density at radius 2 is 1.90 bits per heavy atom. The Balaban J connectivity index is 1.48. The predicted molar refractivity (Wildman–Crippen MR) is 109 cm³/mol. The number of aryl methyl sites for hydroxylation is 1. The van der Waals surface area contributed by atoms with E-state index in [-0.39, 0.29) is 43.2 Å². The number of benzene rings is 1. The molecule has 0 spiro atoms. The van der Waals surface area contributed by atoms with Gasteiger partial charge in [0.05, 0.1) is 24.6 Å². The zero-order valence-electron chi connectivity index (χ0n) is 17.3. The summed E-state index contributed by atoms with van der Waals surface area (Å²) in [6.45, 7) is 3.21. The van der Waals surface area contributed by atoms with Gasteiger partial charge in [-0.1, -0.05) is 12.1 Å². The van der Waals surface area contributed by atoms with Gasteiger partial charge in [0.15, 0.2) is 5.58 Å². The Morgan fingerprint density at radius 1 is 1.20 bits per heavy atom. The maximum atomic E-state index is 12.5. The zero-order valence-corrected chi connectivity index (χ0v) is 17.3. The Kier molecular flexibility index (Phi) is 6.91. The number of carbonyl (C=O) groups excluding carboxylic acids is 3. The van der Waals surface area contributed by atoms with E-state index in [9.17, 15) is 19.2 Å². The van der Waals surface area contributed by atoms with Gasteiger partial charge < -0.3 is 19.0 Å². The van der Waals surface area contributed by atoms with Crippen LogP contribution in [0.1, 0.15) is 26.2 Å². The number of ether oxygens (including phenoxy) is 1. The first-order valence-electron chi connectivity index (χ1n) is 10.2. The minimum atomic E-state index is -0.507. The molecule has 2 aromatic rings. The first kappa shape index (κ1) is 21.6. The number of para-hydroxylation sites is 2. The van der Waals surface area contributed by atoms with Gasteiger partial charge in [0, 0.05) is 33.1 Å². The number of nitrogens with zero attached hydrogens (tertiary/aromatic N) is 3. The summed E-state index contributed by atoms with van der Waals surface area (Å²) >= 11 is 0. The highest BCUT2D eigenvalue weighted by Gasteiger charge is 2.29. The fourth-order valence-electron chi connectivity index (χ4n) is 3.64. The molecular weight excluding hydrogens is 390 g/mol. The second-order valence-electron chi connectivity index (χ2n) is 7.39. The van der Waals surface area contributed by atoms with Crippen LogP contribution in [0.15, 0.2) is 33.5 Å². The van der Waals surface area contributed by atoms with Crippen molar-refractivity contribution in [3.8, 4) is 0 Å². The monoisotopic (exact) mass is 417 g/mol. The lowest BCUT2D eigenvalue weighted by Crippen LogP contribution is -2.45. The predicted octanol–water partition coefficient (Wildman–Crippen LogP) is 1.24. The van der Waals surface area contributed by atoms with E-state index in [2.05, 4.69) is 0 Å². The zero-order chi connectivity index (χ0) is 21.7. The Bertz CT molecular complexity index is 971. The number of fused-ring (bicyclic) bond motifs is 1. The summed E-state index contributed by atoms with van der Waals surface area (Å²) in [7, 11) is 1.57. The summed E-state index contributed by atoms with van der Waals surface area (Å²) in [6, 6.07) is 7.03. The summed E-state index contributed by atoms with van der Waals surface area (Å²) < 4.78 is 11.6. The minimum Gasteiger partial charge on any atom is -0.466 e. The van der Waals surface area contributed by atoms with Crippen LogP contribution in [0.5, 0.6) is 0 Å². The largest absolute Gasteiger partial charge is 0.466 e. The van der Waals surface area contributed by atoms with Gasteiger partial charge >= 0.3 is 11.7 Å². The quantitative estimate of drug-likeness (QED) is 0.628. The molecule has 1 saturated heterocycles. The fourth-order valence-corrected chi connectivity index (χ4v) is 3.64. The molecule has 0 saturated carbocycles. The Labute approximate surface area is 174 Å². The summed E-state index contributed by atoms with van der Waals surface area (Å²) in [5, 5.41) is 0. The average Bonchev–Trinajstić information content (AvgIpc) is 3.07. The highest BCUT2D eigenvalue weighted by molar-refractivity contribution is 5.85. The van der Waals surface area contributed by atoms with E-state index in [1.165, 1.54) is 9.47 Å². The molecule has 1 aliphatic heterocycles. The number of amides is 2. The van der Waals surface area contributed by atoms with E-state index < -0.39 is 5.76 Å². The number of hydrogen-bond donors (Lipinski definition) is 0. The average molecular weight is 417 g/mol. The van der Waals surface area contributed by atoms with E-state index in [0.29, 0.717) is 43.6 Å². The van der Waals surface area contributed by atoms with Crippen LogP contribution in [0, 0.1) is 5.92 Å². The third kappa shape index (κ3) is 4.90. The van der Waals surface area contributed by atoms with Gasteiger partial charge in [-0.15, -0.1) is 0 Å². The topological polar surface area (TPSA) is 102 Å². The van der Waals surface area contributed by atoms with Gasteiger partial charge in [-0.25, -0.2) is 4.79 Å². The Morgan fingerprint density at radius 3 is 2.60 bits per heavy atom. The lowest BCUT2D eigenvalue weighted by Gasteiger charge is -2.32. The number of oxazole rings is 1. The van der Waals surface area contributed by atoms with E-state index in [4.69, 9.17) is 9.15 Å². The van der Waals surface area contributed by atoms with E-state index in [1.807, 2.05) is 0 Å². The first-order valence-corrected chi connectivity index (χ1v) is 10.2. The number of rotatable bonds is 7. The molecule has 2 heterocycles. The first-order chi connectivity index (χ1) is 14.4. The number of carbonyl (C=O) groups is 3. The van der Waals surface area contributed by atoms with Gasteiger partial charge in [-0.3, -0.25) is 19.0 Å². The second kappa shape index (κ2) is 9.60. The molecule has 0 aliphatic carbocycles. The van der Waals surface area contributed by atoms with Crippen molar-refractivity contribution in [3.05, 3.63) is 34.8 Å². The smallest absolute Gasteiger partial charge is 0.419 e. The normalized spacial score (nSPS) is 14.7. The number of piperidine rings is 1. The summed E-state index contributed by atoms with van der Waals surface area (Å²) in [5.41, 5.74) is 1.11. The minimum absolute atomic E-state index is 0.0378. The van der Waals surface area contributed by atoms with Crippen molar-refractivity contribution < 1.29 is 23.5 Å². The van der Waals surface area contributed by atoms with Crippen molar-refractivity contribution in [2.24, 2.45) is 5.92 Å². The standard InChI is InChI=1S/C21H27N3O6/c1-3-29-20(27)15-8-11-23(12-9-15)19(26)14-22(2)18(25)10-13-24-16-6-4-5-7-17(16)30-21(24)28/h4-7,15H,3,8-14H2,1-2H3. The van der Waals surface area contributed by atoms with Crippen molar-refractivity contribution in [1.82, 2.24) is 14.4 Å². The third-order valence-electron chi connectivity index (χ3n) is 5.39. The summed E-state index contributed by atoms with van der Waals surface area (Å²) in [4.78, 5) is 51.8. The molecule has 0 radical (unpaired) electrons. The lowest BCUT2D eigenvalue weighted by atomic mass is 9.97. The van der Waals surface area contributed by atoms with Crippen LogP contribution in [0.3, 0.4) is 0 Å². The maximum Gasteiger partial charge on any atom is 0.419 e. The summed E-state index contributed by atoms with van der Waals surface area (Å²) in [5.74, 6) is -1.27. The van der Waals surface area contributed by atoms with Gasteiger partial charge in [0.1, 0.15) is 0 Å². The van der Waals surface area contributed by atoms with Crippen molar-refractivity contribution in [2.75, 3.05) is 33.3 Å². The molecule has 30 heavy (non-hydrogen) atoms. The summed E-state index contributed by atoms with van der Waals surface area (Å²) in [6.07, 6.45) is 1.22. The van der Waals surface area contributed by atoms with Crippen LogP contribution in [-0.2, 0) is 25.7 Å². The van der Waals surface area contributed by atoms with Crippen LogP contribution in [0.2, 0.25) is 0 Å². The highest BCUT2D eigenvalue weighted by Crippen LogP contribution is 2.19. The molecule has 1 aliphatic rings. The van der Waals surface area contributed by atoms with Crippen LogP contribution >= 0.6 is 0 Å². The second-order valence-corrected chi connectivity index (χ2v) is 7.39. The molecule has 0 atom stereocenters. The molecule has 162 valence electrons. The molecule has 0 N–H and O–H groups in total. The molecule has 9 nitrogen and oxygen atoms in total. The van der Waals surface area contributed by atoms with Gasteiger partial charge in [0.2, 0.25) is 11.8 Å². The van der Waals surface area contributed by atoms with Gasteiger partial charge in [-0.05, 0) is 31.9 Å². The SMILES string of the molecule is CCOC(=O)C1CCN(C(=O)CN(C)C(=O)CCn2c(=O)oc3ccccc32)CC1. The number of likely N-dealkylation sites (tertiary alicyclic amines) is 1. The van der Waals surface area contributed by atoms with Crippen LogP contribution < -0.4 is 5.76 Å². The highest BCUT2D eigenvalue weighted by atomic mass is 16.5. The van der Waals surface area contributed by atoms with Crippen LogP contribution in [0.4, 0.5) is 0 Å². The van der Waals surface area contributed by atoms with Gasteiger partial charge in [-0.2, -0.15) is 0 Å². The number of aromatic nitrogens is 1. The van der Waals surface area contributed by atoms with E-state index in [1.54, 1.807) is 43.1 Å². The third-order valence-corrected chi connectivity index (χ3v) is 5.39. The molecule has 0 bridgehead atoms. The molecule has 1 aromatic heterocycles. The fraction of sp³-hybridized carbons (Fsp3) is 0.524. The molecular formula is C21H27N3O6. The molecule has 2 amide bonds. The van der Waals surface area contributed by atoms with Crippen LogP contribution in [-0.4, -0.2) is 65.4 Å². The number of esters is 1.